The maximum absolute atomic E-state index is 13.6. The van der Waals surface area contributed by atoms with Crippen LogP contribution in [0.15, 0.2) is 53.1 Å². The van der Waals surface area contributed by atoms with Gasteiger partial charge >= 0.3 is 0 Å². The normalized spacial score (nSPS) is 12.0. The van der Waals surface area contributed by atoms with Crippen molar-refractivity contribution in [3.8, 4) is 11.4 Å². The van der Waals surface area contributed by atoms with E-state index in [1.165, 1.54) is 18.2 Å². The summed E-state index contributed by atoms with van der Waals surface area (Å²) in [7, 11) is 0. The first-order valence-corrected chi connectivity index (χ1v) is 7.50. The molecule has 5 nitrogen and oxygen atoms in total. The molecule has 0 bridgehead atoms. The van der Waals surface area contributed by atoms with Crippen LogP contribution in [-0.2, 0) is 0 Å². The van der Waals surface area contributed by atoms with Crippen LogP contribution >= 0.6 is 0 Å². The molecule has 0 saturated heterocycles. The summed E-state index contributed by atoms with van der Waals surface area (Å²) in [5, 5.41) is 6.58. The number of carbonyl (C=O) groups excluding carboxylic acids is 1. The summed E-state index contributed by atoms with van der Waals surface area (Å²) in [6.45, 7) is 3.69. The standard InChI is InChI=1S/C18H16FN3O2/c1-11-7-9-13(10-8-11)16-21-18(24-22-16)12(2)20-17(23)14-5-3-4-6-15(14)19/h3-10,12H,1-2H3,(H,20,23)/t12-/m0/s1. The van der Waals surface area contributed by atoms with Crippen LogP contribution in [0.5, 0.6) is 0 Å². The van der Waals surface area contributed by atoms with E-state index in [0.717, 1.165) is 11.1 Å². The second kappa shape index (κ2) is 6.62. The quantitative estimate of drug-likeness (QED) is 0.794. The maximum atomic E-state index is 13.6. The highest BCUT2D eigenvalue weighted by Gasteiger charge is 2.19. The zero-order valence-electron chi connectivity index (χ0n) is 13.3. The van der Waals surface area contributed by atoms with E-state index in [4.69, 9.17) is 4.52 Å². The second-order valence-electron chi connectivity index (χ2n) is 5.50. The van der Waals surface area contributed by atoms with E-state index in [1.54, 1.807) is 13.0 Å². The van der Waals surface area contributed by atoms with Crippen molar-refractivity contribution >= 4 is 5.91 Å². The largest absolute Gasteiger partial charge is 0.340 e. The van der Waals surface area contributed by atoms with Gasteiger partial charge in [0.15, 0.2) is 0 Å². The molecule has 3 rings (SSSR count). The van der Waals surface area contributed by atoms with Crippen molar-refractivity contribution in [2.45, 2.75) is 19.9 Å². The number of amides is 1. The van der Waals surface area contributed by atoms with Gasteiger partial charge in [0.25, 0.3) is 5.91 Å². The smallest absolute Gasteiger partial charge is 0.254 e. The van der Waals surface area contributed by atoms with Crippen LogP contribution in [0.4, 0.5) is 4.39 Å². The molecule has 0 aliphatic carbocycles. The first kappa shape index (κ1) is 15.9. The lowest BCUT2D eigenvalue weighted by molar-refractivity contribution is 0.0928. The average molecular weight is 325 g/mol. The Hall–Kier alpha value is -3.02. The number of nitrogens with one attached hydrogen (secondary N) is 1. The van der Waals surface area contributed by atoms with E-state index in [9.17, 15) is 9.18 Å². The molecule has 1 aromatic heterocycles. The number of nitrogens with zero attached hydrogens (tertiary/aromatic N) is 2. The zero-order chi connectivity index (χ0) is 17.1. The van der Waals surface area contributed by atoms with Crippen LogP contribution in [0.3, 0.4) is 0 Å². The lowest BCUT2D eigenvalue weighted by Crippen LogP contribution is -2.27. The van der Waals surface area contributed by atoms with Gasteiger partial charge < -0.3 is 9.84 Å². The molecular formula is C18H16FN3O2. The molecule has 24 heavy (non-hydrogen) atoms. The lowest BCUT2D eigenvalue weighted by Gasteiger charge is -2.10. The molecule has 0 unspecified atom stereocenters. The van der Waals surface area contributed by atoms with Gasteiger partial charge in [0.2, 0.25) is 11.7 Å². The molecule has 6 heteroatoms. The summed E-state index contributed by atoms with van der Waals surface area (Å²) in [6, 6.07) is 12.9. The molecule has 0 spiro atoms. The number of carbonyl (C=O) groups is 1. The van der Waals surface area contributed by atoms with Gasteiger partial charge in [0.1, 0.15) is 11.9 Å². The van der Waals surface area contributed by atoms with Crippen molar-refractivity contribution in [1.29, 1.82) is 0 Å². The lowest BCUT2D eigenvalue weighted by atomic mass is 10.1. The number of rotatable bonds is 4. The molecule has 0 fully saturated rings. The molecule has 3 aromatic rings. The predicted molar refractivity (Wildman–Crippen MR) is 86.8 cm³/mol. The summed E-state index contributed by atoms with van der Waals surface area (Å²) in [6.07, 6.45) is 0. The molecule has 0 aliphatic heterocycles. The van der Waals surface area contributed by atoms with Gasteiger partial charge in [-0.2, -0.15) is 4.98 Å². The minimum Gasteiger partial charge on any atom is -0.340 e. The minimum atomic E-state index is -0.576. The molecular weight excluding hydrogens is 309 g/mol. The van der Waals surface area contributed by atoms with E-state index in [-0.39, 0.29) is 11.5 Å². The van der Waals surface area contributed by atoms with Crippen LogP contribution in [0, 0.1) is 12.7 Å². The second-order valence-corrected chi connectivity index (χ2v) is 5.50. The molecule has 0 radical (unpaired) electrons. The summed E-state index contributed by atoms with van der Waals surface area (Å²) in [5.41, 5.74) is 1.93. The van der Waals surface area contributed by atoms with Crippen LogP contribution in [-0.4, -0.2) is 16.0 Å². The predicted octanol–water partition coefficient (Wildman–Crippen LogP) is 3.68. The number of hydrogen-bond acceptors (Lipinski definition) is 4. The van der Waals surface area contributed by atoms with Gasteiger partial charge in [-0.25, -0.2) is 4.39 Å². The van der Waals surface area contributed by atoms with Gasteiger partial charge in [0.05, 0.1) is 5.56 Å². The third kappa shape index (κ3) is 3.32. The fourth-order valence-electron chi connectivity index (χ4n) is 2.21. The van der Waals surface area contributed by atoms with Crippen molar-refractivity contribution in [3.63, 3.8) is 0 Å². The molecule has 1 amide bonds. The zero-order valence-corrected chi connectivity index (χ0v) is 13.3. The fourth-order valence-corrected chi connectivity index (χ4v) is 2.21. The Morgan fingerprint density at radius 3 is 2.58 bits per heavy atom. The van der Waals surface area contributed by atoms with Crippen molar-refractivity contribution in [2.75, 3.05) is 0 Å². The van der Waals surface area contributed by atoms with Crippen molar-refractivity contribution in [1.82, 2.24) is 15.5 Å². The Morgan fingerprint density at radius 2 is 1.88 bits per heavy atom. The highest BCUT2D eigenvalue weighted by Crippen LogP contribution is 2.19. The van der Waals surface area contributed by atoms with Crippen LogP contribution in [0.25, 0.3) is 11.4 Å². The number of aryl methyl sites for hydroxylation is 1. The molecule has 122 valence electrons. The van der Waals surface area contributed by atoms with E-state index in [2.05, 4.69) is 15.5 Å². The van der Waals surface area contributed by atoms with Gasteiger partial charge in [-0.3, -0.25) is 4.79 Å². The average Bonchev–Trinajstić information content (AvgIpc) is 3.06. The Balaban J connectivity index is 1.74. The molecule has 1 heterocycles. The van der Waals surface area contributed by atoms with Crippen LogP contribution < -0.4 is 5.32 Å². The summed E-state index contributed by atoms with van der Waals surface area (Å²) in [5.74, 6) is -0.406. The highest BCUT2D eigenvalue weighted by molar-refractivity contribution is 5.94. The van der Waals surface area contributed by atoms with E-state index in [1.807, 2.05) is 31.2 Å². The number of hydrogen-bond donors (Lipinski definition) is 1. The van der Waals surface area contributed by atoms with E-state index in [0.29, 0.717) is 5.82 Å². The summed E-state index contributed by atoms with van der Waals surface area (Å²) in [4.78, 5) is 16.4. The fraction of sp³-hybridized carbons (Fsp3) is 0.167. The van der Waals surface area contributed by atoms with Crippen molar-refractivity contribution < 1.29 is 13.7 Å². The monoisotopic (exact) mass is 325 g/mol. The molecule has 1 atom stereocenters. The molecule has 0 aliphatic rings. The highest BCUT2D eigenvalue weighted by atomic mass is 19.1. The first-order chi connectivity index (χ1) is 11.5. The minimum absolute atomic E-state index is 0.0253. The van der Waals surface area contributed by atoms with Gasteiger partial charge in [0, 0.05) is 5.56 Å². The number of benzene rings is 2. The topological polar surface area (TPSA) is 68.0 Å². The Morgan fingerprint density at radius 1 is 1.17 bits per heavy atom. The Kier molecular flexibility index (Phi) is 4.37. The Bertz CT molecular complexity index is 859. The molecule has 1 N–H and O–H groups in total. The summed E-state index contributed by atoms with van der Waals surface area (Å²) >= 11 is 0. The third-order valence-electron chi connectivity index (χ3n) is 3.59. The molecule has 2 aromatic carbocycles. The van der Waals surface area contributed by atoms with Gasteiger partial charge in [-0.05, 0) is 26.0 Å². The van der Waals surface area contributed by atoms with E-state index >= 15 is 0 Å². The first-order valence-electron chi connectivity index (χ1n) is 7.50. The van der Waals surface area contributed by atoms with Crippen LogP contribution in [0.1, 0.15) is 34.8 Å². The van der Waals surface area contributed by atoms with Gasteiger partial charge in [-0.1, -0.05) is 47.1 Å². The third-order valence-corrected chi connectivity index (χ3v) is 3.59. The SMILES string of the molecule is Cc1ccc(-c2noc([C@H](C)NC(=O)c3ccccc3F)n2)cc1. The van der Waals surface area contributed by atoms with Crippen LogP contribution in [0.2, 0.25) is 0 Å². The summed E-state index contributed by atoms with van der Waals surface area (Å²) < 4.78 is 18.8. The number of halogens is 1. The Labute approximate surface area is 138 Å². The van der Waals surface area contributed by atoms with Crippen molar-refractivity contribution in [3.05, 3.63) is 71.4 Å². The van der Waals surface area contributed by atoms with Gasteiger partial charge in [-0.15, -0.1) is 0 Å². The number of aromatic nitrogens is 2. The van der Waals surface area contributed by atoms with Crippen molar-refractivity contribution in [2.24, 2.45) is 0 Å². The molecule has 0 saturated carbocycles. The maximum Gasteiger partial charge on any atom is 0.254 e. The van der Waals surface area contributed by atoms with E-state index < -0.39 is 17.8 Å².